The lowest BCUT2D eigenvalue weighted by Crippen LogP contribution is -2.26. The minimum atomic E-state index is -4.57. The molecule has 6 nitrogen and oxygen atoms in total. The summed E-state index contributed by atoms with van der Waals surface area (Å²) >= 11 is 0. The minimum absolute atomic E-state index is 0.00836. The van der Waals surface area contributed by atoms with Crippen LogP contribution in [-0.2, 0) is 6.42 Å². The number of ether oxygens (including phenoxy) is 1. The molecule has 1 aromatic heterocycles. The Morgan fingerprint density at radius 3 is 2.18 bits per heavy atom. The van der Waals surface area contributed by atoms with E-state index in [-0.39, 0.29) is 11.4 Å². The molecule has 1 heterocycles. The average molecular weight is 410 g/mol. The predicted octanol–water partition coefficient (Wildman–Crippen LogP) is 3.37. The number of hydrogen-bond donors (Lipinski definition) is 1. The number of carboxylic acids is 1. The van der Waals surface area contributed by atoms with Crippen LogP contribution in [-0.4, -0.2) is 39.6 Å². The number of carbonyl (C=O) groups is 1. The van der Waals surface area contributed by atoms with Crippen LogP contribution in [0.3, 0.4) is 0 Å². The Hall–Kier alpha value is -3.05. The van der Waals surface area contributed by atoms with Crippen molar-refractivity contribution in [3.8, 4) is 11.4 Å². The molecule has 0 saturated heterocycles. The number of carboxylic acid groups (broad SMARTS) is 1. The van der Waals surface area contributed by atoms with Crippen molar-refractivity contribution in [3.05, 3.63) is 52.2 Å². The van der Waals surface area contributed by atoms with E-state index >= 15 is 0 Å². The Morgan fingerprint density at radius 1 is 1.07 bits per heavy atom. The number of halogens is 6. The zero-order valence-corrected chi connectivity index (χ0v) is 13.8. The van der Waals surface area contributed by atoms with Gasteiger partial charge in [-0.3, -0.25) is 9.36 Å². The van der Waals surface area contributed by atoms with E-state index in [1.54, 1.807) is 0 Å². The van der Waals surface area contributed by atoms with Gasteiger partial charge < -0.3 is 9.84 Å². The second kappa shape index (κ2) is 7.90. The standard InChI is InChI=1S/C16H12F6N2O4/c17-15(18,19)6-5-12-23-11(14(26)27)7-13(25)24(12)9-1-3-10(4-2-9)28-8-16(20,21)22/h1-4,7H,5-6,8H2,(H,26,27). The van der Waals surface area contributed by atoms with Crippen LogP contribution >= 0.6 is 0 Å². The van der Waals surface area contributed by atoms with Crippen LogP contribution in [0.1, 0.15) is 22.7 Å². The van der Waals surface area contributed by atoms with Gasteiger partial charge in [-0.25, -0.2) is 9.78 Å². The molecule has 0 saturated carbocycles. The lowest BCUT2D eigenvalue weighted by Gasteiger charge is -2.14. The van der Waals surface area contributed by atoms with Crippen LogP contribution in [0.4, 0.5) is 26.3 Å². The van der Waals surface area contributed by atoms with Gasteiger partial charge in [-0.2, -0.15) is 26.3 Å². The van der Waals surface area contributed by atoms with Gasteiger partial charge in [0.2, 0.25) is 0 Å². The molecule has 0 amide bonds. The van der Waals surface area contributed by atoms with Crippen molar-refractivity contribution in [1.82, 2.24) is 9.55 Å². The molecule has 28 heavy (non-hydrogen) atoms. The van der Waals surface area contributed by atoms with Gasteiger partial charge in [-0.05, 0) is 24.3 Å². The molecule has 1 N–H and O–H groups in total. The number of alkyl halides is 6. The summed E-state index contributed by atoms with van der Waals surface area (Å²) in [7, 11) is 0. The summed E-state index contributed by atoms with van der Waals surface area (Å²) in [6, 6.07) is 5.10. The summed E-state index contributed by atoms with van der Waals surface area (Å²) < 4.78 is 79.3. The number of rotatable bonds is 6. The van der Waals surface area contributed by atoms with Gasteiger partial charge >= 0.3 is 18.3 Å². The monoisotopic (exact) mass is 410 g/mol. The Bertz CT molecular complexity index is 903. The molecule has 0 unspecified atom stereocenters. The fourth-order valence-electron chi connectivity index (χ4n) is 2.19. The maximum Gasteiger partial charge on any atom is 0.422 e. The third-order valence-corrected chi connectivity index (χ3v) is 3.34. The summed E-state index contributed by atoms with van der Waals surface area (Å²) in [6.45, 7) is -1.54. The van der Waals surface area contributed by atoms with E-state index in [2.05, 4.69) is 9.72 Å². The summed E-state index contributed by atoms with van der Waals surface area (Å²) in [5, 5.41) is 8.94. The van der Waals surface area contributed by atoms with Crippen molar-refractivity contribution in [2.75, 3.05) is 6.61 Å². The molecule has 0 aliphatic carbocycles. The zero-order valence-electron chi connectivity index (χ0n) is 13.8. The normalized spacial score (nSPS) is 12.1. The Kier molecular flexibility index (Phi) is 6.00. The van der Waals surface area contributed by atoms with Gasteiger partial charge in [0.1, 0.15) is 11.6 Å². The highest BCUT2D eigenvalue weighted by molar-refractivity contribution is 5.85. The van der Waals surface area contributed by atoms with Crippen molar-refractivity contribution < 1.29 is 41.0 Å². The van der Waals surface area contributed by atoms with Gasteiger partial charge in [-0.15, -0.1) is 0 Å². The van der Waals surface area contributed by atoms with Gasteiger partial charge in [0.25, 0.3) is 5.56 Å². The Labute approximate surface area is 153 Å². The first-order valence-electron chi connectivity index (χ1n) is 7.59. The van der Waals surface area contributed by atoms with Crippen molar-refractivity contribution in [1.29, 1.82) is 0 Å². The lowest BCUT2D eigenvalue weighted by atomic mass is 10.2. The van der Waals surface area contributed by atoms with Crippen LogP contribution in [0.25, 0.3) is 5.69 Å². The second-order valence-electron chi connectivity index (χ2n) is 5.55. The van der Waals surface area contributed by atoms with E-state index in [1.807, 2.05) is 0 Å². The maximum atomic E-state index is 12.5. The van der Waals surface area contributed by atoms with Crippen molar-refractivity contribution in [3.63, 3.8) is 0 Å². The van der Waals surface area contributed by atoms with E-state index < -0.39 is 54.8 Å². The molecule has 12 heteroatoms. The van der Waals surface area contributed by atoms with Crippen LogP contribution < -0.4 is 10.3 Å². The van der Waals surface area contributed by atoms with Crippen LogP contribution in [0, 0.1) is 0 Å². The summed E-state index contributed by atoms with van der Waals surface area (Å²) in [5.41, 5.74) is -1.68. The molecule has 0 bridgehead atoms. The quantitative estimate of drug-likeness (QED) is 0.739. The largest absolute Gasteiger partial charge is 0.484 e. The molecule has 0 spiro atoms. The highest BCUT2D eigenvalue weighted by Crippen LogP contribution is 2.23. The van der Waals surface area contributed by atoms with E-state index in [0.29, 0.717) is 6.07 Å². The zero-order chi connectivity index (χ0) is 21.1. The molecular formula is C16H12F6N2O4. The lowest BCUT2D eigenvalue weighted by molar-refractivity contribution is -0.153. The first-order valence-corrected chi connectivity index (χ1v) is 7.59. The maximum absolute atomic E-state index is 12.5. The highest BCUT2D eigenvalue weighted by Gasteiger charge is 2.29. The van der Waals surface area contributed by atoms with Gasteiger partial charge in [0.05, 0.1) is 12.1 Å². The van der Waals surface area contributed by atoms with Crippen LogP contribution in [0.2, 0.25) is 0 Å². The minimum Gasteiger partial charge on any atom is -0.484 e. The number of aromatic nitrogens is 2. The Balaban J connectivity index is 2.40. The highest BCUT2D eigenvalue weighted by atomic mass is 19.4. The van der Waals surface area contributed by atoms with Gasteiger partial charge in [0, 0.05) is 12.5 Å². The number of hydrogen-bond acceptors (Lipinski definition) is 4. The molecule has 0 aliphatic heterocycles. The first kappa shape index (κ1) is 21.3. The summed E-state index contributed by atoms with van der Waals surface area (Å²) in [4.78, 5) is 26.8. The summed E-state index contributed by atoms with van der Waals surface area (Å²) in [6.07, 6.45) is -11.3. The van der Waals surface area contributed by atoms with Gasteiger partial charge in [-0.1, -0.05) is 0 Å². The van der Waals surface area contributed by atoms with Crippen LogP contribution in [0.15, 0.2) is 35.1 Å². The molecule has 0 fully saturated rings. The third kappa shape index (κ3) is 5.99. The molecule has 2 aromatic rings. The van der Waals surface area contributed by atoms with Crippen molar-refractivity contribution >= 4 is 5.97 Å². The SMILES string of the molecule is O=C(O)c1cc(=O)n(-c2ccc(OCC(F)(F)F)cc2)c(CCC(F)(F)F)n1. The molecule has 0 radical (unpaired) electrons. The Morgan fingerprint density at radius 2 is 1.68 bits per heavy atom. The van der Waals surface area contributed by atoms with E-state index in [0.717, 1.165) is 28.8 Å². The number of aromatic carboxylic acids is 1. The predicted molar refractivity (Wildman–Crippen MR) is 82.7 cm³/mol. The van der Waals surface area contributed by atoms with E-state index in [1.165, 1.54) is 0 Å². The smallest absolute Gasteiger partial charge is 0.422 e. The van der Waals surface area contributed by atoms with Crippen LogP contribution in [0.5, 0.6) is 5.75 Å². The molecule has 0 atom stereocenters. The molecule has 152 valence electrons. The number of aryl methyl sites for hydroxylation is 1. The third-order valence-electron chi connectivity index (χ3n) is 3.34. The average Bonchev–Trinajstić information content (AvgIpc) is 2.57. The van der Waals surface area contributed by atoms with E-state index in [9.17, 15) is 35.9 Å². The molecule has 2 rings (SSSR count). The number of benzene rings is 1. The topological polar surface area (TPSA) is 81.4 Å². The molecule has 0 aliphatic rings. The van der Waals surface area contributed by atoms with E-state index in [4.69, 9.17) is 5.11 Å². The second-order valence-corrected chi connectivity index (χ2v) is 5.55. The van der Waals surface area contributed by atoms with Crippen molar-refractivity contribution in [2.45, 2.75) is 25.2 Å². The fourth-order valence-corrected chi connectivity index (χ4v) is 2.19. The number of nitrogens with zero attached hydrogens (tertiary/aromatic N) is 2. The van der Waals surface area contributed by atoms with Gasteiger partial charge in [0.15, 0.2) is 12.3 Å². The first-order chi connectivity index (χ1) is 12.9. The van der Waals surface area contributed by atoms with Crippen molar-refractivity contribution in [2.24, 2.45) is 0 Å². The molecular weight excluding hydrogens is 398 g/mol. The molecule has 1 aromatic carbocycles. The summed E-state index contributed by atoms with van der Waals surface area (Å²) in [5.74, 6) is -2.22. The fraction of sp³-hybridized carbons (Fsp3) is 0.312.